The first-order chi connectivity index (χ1) is 6.24. The van der Waals surface area contributed by atoms with Crippen molar-refractivity contribution in [2.24, 2.45) is 0 Å². The van der Waals surface area contributed by atoms with Gasteiger partial charge < -0.3 is 5.73 Å². The van der Waals surface area contributed by atoms with E-state index in [9.17, 15) is 4.79 Å². The number of unbranched alkanes of at least 4 members (excludes halogenated alkanes) is 1. The number of aryl methyl sites for hydroxylation is 1. The van der Waals surface area contributed by atoms with Gasteiger partial charge in [0.05, 0.1) is 18.0 Å². The first-order valence-electron chi connectivity index (χ1n) is 3.93. The van der Waals surface area contributed by atoms with Crippen LogP contribution in [0, 0.1) is 11.3 Å². The Hall–Kier alpha value is -1.83. The van der Waals surface area contributed by atoms with Crippen molar-refractivity contribution in [3.8, 4) is 6.07 Å². The summed E-state index contributed by atoms with van der Waals surface area (Å²) in [7, 11) is 0. The molecule has 0 aliphatic heterocycles. The Morgan fingerprint density at radius 2 is 2.46 bits per heavy atom. The number of hydrogen-bond donors (Lipinski definition) is 1. The van der Waals surface area contributed by atoms with Crippen LogP contribution in [-0.2, 0) is 6.54 Å². The maximum atomic E-state index is 11.2. The topological polar surface area (TPSA) is 84.7 Å². The highest BCUT2D eigenvalue weighted by Crippen LogP contribution is 1.93. The fourth-order valence-electron chi connectivity index (χ4n) is 0.923. The molecule has 68 valence electrons. The minimum atomic E-state index is -0.224. The molecule has 0 atom stereocenters. The highest BCUT2D eigenvalue weighted by molar-refractivity contribution is 5.31. The molecule has 1 aromatic heterocycles. The van der Waals surface area contributed by atoms with Crippen LogP contribution in [0.5, 0.6) is 0 Å². The normalized spacial score (nSPS) is 9.46. The lowest BCUT2D eigenvalue weighted by Gasteiger charge is -2.01. The number of nitriles is 1. The van der Waals surface area contributed by atoms with Gasteiger partial charge in [0.15, 0.2) is 0 Å². The highest BCUT2D eigenvalue weighted by atomic mass is 16.1. The molecule has 1 aromatic rings. The summed E-state index contributed by atoms with van der Waals surface area (Å²) in [5, 5.41) is 12.1. The second kappa shape index (κ2) is 4.26. The summed E-state index contributed by atoms with van der Waals surface area (Å²) in [6.45, 7) is 0.465. The van der Waals surface area contributed by atoms with Crippen molar-refractivity contribution in [1.29, 1.82) is 5.26 Å². The fraction of sp³-hybridized carbons (Fsp3) is 0.375. The molecule has 0 spiro atoms. The van der Waals surface area contributed by atoms with Crippen LogP contribution in [0.25, 0.3) is 0 Å². The van der Waals surface area contributed by atoms with E-state index in [0.717, 1.165) is 0 Å². The van der Waals surface area contributed by atoms with E-state index in [4.69, 9.17) is 11.0 Å². The number of nitrogen functional groups attached to an aromatic ring is 1. The molecular formula is C8H10N4O. The van der Waals surface area contributed by atoms with Crippen LogP contribution in [0.2, 0.25) is 0 Å². The Labute approximate surface area is 75.4 Å². The smallest absolute Gasteiger partial charge is 0.268 e. The molecule has 0 saturated heterocycles. The Morgan fingerprint density at radius 1 is 1.69 bits per heavy atom. The molecule has 1 heterocycles. The van der Waals surface area contributed by atoms with Crippen molar-refractivity contribution in [2.75, 3.05) is 5.73 Å². The standard InChI is InChI=1S/C8H10N4O/c9-3-1-2-4-12-8(13)5-7(10)6-11-12/h5-6H,1-2,4,10H2. The van der Waals surface area contributed by atoms with Crippen molar-refractivity contribution in [2.45, 2.75) is 19.4 Å². The van der Waals surface area contributed by atoms with Gasteiger partial charge in [-0.25, -0.2) is 4.68 Å². The summed E-state index contributed by atoms with van der Waals surface area (Å²) in [6.07, 6.45) is 2.49. The largest absolute Gasteiger partial charge is 0.397 e. The van der Waals surface area contributed by atoms with Gasteiger partial charge in [-0.3, -0.25) is 4.79 Å². The van der Waals surface area contributed by atoms with Crippen LogP contribution in [-0.4, -0.2) is 9.78 Å². The van der Waals surface area contributed by atoms with Crippen LogP contribution in [0.3, 0.4) is 0 Å². The fourth-order valence-corrected chi connectivity index (χ4v) is 0.923. The lowest BCUT2D eigenvalue weighted by atomic mass is 10.3. The summed E-state index contributed by atoms with van der Waals surface area (Å²) >= 11 is 0. The molecule has 2 N–H and O–H groups in total. The van der Waals surface area contributed by atoms with Crippen LogP contribution < -0.4 is 11.3 Å². The van der Waals surface area contributed by atoms with E-state index in [0.29, 0.717) is 25.1 Å². The number of anilines is 1. The number of nitrogens with two attached hydrogens (primary N) is 1. The second-order valence-corrected chi connectivity index (χ2v) is 2.61. The van der Waals surface area contributed by atoms with Crippen molar-refractivity contribution in [1.82, 2.24) is 9.78 Å². The van der Waals surface area contributed by atoms with E-state index in [-0.39, 0.29) is 5.56 Å². The molecule has 5 nitrogen and oxygen atoms in total. The van der Waals surface area contributed by atoms with Gasteiger partial charge in [-0.05, 0) is 6.42 Å². The molecule has 0 aliphatic rings. The third-order valence-electron chi connectivity index (χ3n) is 1.55. The van der Waals surface area contributed by atoms with Gasteiger partial charge >= 0.3 is 0 Å². The third-order valence-corrected chi connectivity index (χ3v) is 1.55. The Bertz CT molecular complexity index is 376. The Kier molecular flexibility index (Phi) is 3.03. The summed E-state index contributed by atoms with van der Waals surface area (Å²) in [5.41, 5.74) is 5.49. The molecule has 0 bridgehead atoms. The predicted octanol–water partition coefficient (Wildman–Crippen LogP) is 0.129. The van der Waals surface area contributed by atoms with Crippen molar-refractivity contribution >= 4 is 5.69 Å². The average Bonchev–Trinajstić information content (AvgIpc) is 2.09. The summed E-state index contributed by atoms with van der Waals surface area (Å²) in [6, 6.07) is 3.32. The molecule has 0 saturated carbocycles. The lowest BCUT2D eigenvalue weighted by molar-refractivity contribution is 0.555. The molecule has 0 radical (unpaired) electrons. The van der Waals surface area contributed by atoms with Crippen molar-refractivity contribution in [3.63, 3.8) is 0 Å². The first-order valence-corrected chi connectivity index (χ1v) is 3.93. The van der Waals surface area contributed by atoms with E-state index in [1.54, 1.807) is 0 Å². The zero-order valence-electron chi connectivity index (χ0n) is 7.10. The van der Waals surface area contributed by atoms with Gasteiger partial charge in [-0.2, -0.15) is 10.4 Å². The maximum Gasteiger partial charge on any atom is 0.268 e. The van der Waals surface area contributed by atoms with E-state index in [2.05, 4.69) is 5.10 Å². The molecule has 13 heavy (non-hydrogen) atoms. The van der Waals surface area contributed by atoms with Crippen LogP contribution >= 0.6 is 0 Å². The number of rotatable bonds is 3. The van der Waals surface area contributed by atoms with Gasteiger partial charge in [-0.15, -0.1) is 0 Å². The summed E-state index contributed by atoms with van der Waals surface area (Å²) in [5.74, 6) is 0. The molecule has 0 unspecified atom stereocenters. The van der Waals surface area contributed by atoms with Gasteiger partial charge in [-0.1, -0.05) is 0 Å². The maximum absolute atomic E-state index is 11.2. The lowest BCUT2D eigenvalue weighted by Crippen LogP contribution is -2.22. The average molecular weight is 178 g/mol. The van der Waals surface area contributed by atoms with Gasteiger partial charge in [0.2, 0.25) is 0 Å². The SMILES string of the molecule is N#CCCCn1ncc(N)cc1=O. The monoisotopic (exact) mass is 178 g/mol. The van der Waals surface area contributed by atoms with Gasteiger partial charge in [0.1, 0.15) is 0 Å². The van der Waals surface area contributed by atoms with E-state index in [1.165, 1.54) is 16.9 Å². The molecule has 0 amide bonds. The van der Waals surface area contributed by atoms with E-state index in [1.807, 2.05) is 6.07 Å². The molecule has 5 heteroatoms. The zero-order chi connectivity index (χ0) is 9.68. The Morgan fingerprint density at radius 3 is 3.08 bits per heavy atom. The minimum absolute atomic E-state index is 0.224. The number of nitrogens with zero attached hydrogens (tertiary/aromatic N) is 3. The first kappa shape index (κ1) is 9.26. The zero-order valence-corrected chi connectivity index (χ0v) is 7.10. The highest BCUT2D eigenvalue weighted by Gasteiger charge is 1.96. The molecular weight excluding hydrogens is 168 g/mol. The van der Waals surface area contributed by atoms with Crippen molar-refractivity contribution < 1.29 is 0 Å². The summed E-state index contributed by atoms with van der Waals surface area (Å²) in [4.78, 5) is 11.2. The van der Waals surface area contributed by atoms with E-state index >= 15 is 0 Å². The number of aromatic nitrogens is 2. The molecule has 0 aromatic carbocycles. The van der Waals surface area contributed by atoms with Crippen molar-refractivity contribution in [3.05, 3.63) is 22.6 Å². The van der Waals surface area contributed by atoms with Crippen LogP contribution in [0.15, 0.2) is 17.1 Å². The Balaban J connectivity index is 2.68. The van der Waals surface area contributed by atoms with Crippen LogP contribution in [0.1, 0.15) is 12.8 Å². The quantitative estimate of drug-likeness (QED) is 0.666. The van der Waals surface area contributed by atoms with Gasteiger partial charge in [0, 0.05) is 19.0 Å². The summed E-state index contributed by atoms with van der Waals surface area (Å²) < 4.78 is 1.30. The second-order valence-electron chi connectivity index (χ2n) is 2.61. The van der Waals surface area contributed by atoms with Gasteiger partial charge in [0.25, 0.3) is 5.56 Å². The number of hydrogen-bond acceptors (Lipinski definition) is 4. The molecule has 0 aliphatic carbocycles. The molecule has 0 fully saturated rings. The molecule has 1 rings (SSSR count). The van der Waals surface area contributed by atoms with Crippen LogP contribution in [0.4, 0.5) is 5.69 Å². The van der Waals surface area contributed by atoms with E-state index < -0.39 is 0 Å². The minimum Gasteiger partial charge on any atom is -0.397 e. The predicted molar refractivity (Wildman–Crippen MR) is 47.8 cm³/mol. The third kappa shape index (κ3) is 2.60.